The van der Waals surface area contributed by atoms with Gasteiger partial charge in [0.2, 0.25) is 0 Å². The van der Waals surface area contributed by atoms with Crippen molar-refractivity contribution in [1.29, 1.82) is 0 Å². The van der Waals surface area contributed by atoms with Crippen LogP contribution in [0.25, 0.3) is 0 Å². The molecule has 1 unspecified atom stereocenters. The zero-order valence-corrected chi connectivity index (χ0v) is 13.5. The minimum absolute atomic E-state index is 0.391. The molecule has 1 aromatic rings. The second kappa shape index (κ2) is 6.45. The van der Waals surface area contributed by atoms with Crippen LogP contribution in [0.1, 0.15) is 51.6 Å². The first-order valence-corrected chi connectivity index (χ1v) is 8.56. The highest BCUT2D eigenvalue weighted by atomic mass is 15.3. The number of nitrogens with zero attached hydrogens (tertiary/aromatic N) is 2. The number of nitrogens with one attached hydrogen (secondary N) is 1. The SMILES string of the molecule is CC(C)CC1CNC2(CCCC2)CN1Cc1ccccn1. The number of rotatable bonds is 4. The first-order valence-electron chi connectivity index (χ1n) is 8.56. The number of hydrogen-bond acceptors (Lipinski definition) is 3. The minimum atomic E-state index is 0.391. The maximum atomic E-state index is 4.54. The van der Waals surface area contributed by atoms with Gasteiger partial charge in [-0.2, -0.15) is 0 Å². The lowest BCUT2D eigenvalue weighted by Gasteiger charge is -2.47. The van der Waals surface area contributed by atoms with E-state index in [0.717, 1.165) is 19.0 Å². The van der Waals surface area contributed by atoms with Gasteiger partial charge in [0, 0.05) is 37.4 Å². The van der Waals surface area contributed by atoms with Gasteiger partial charge >= 0.3 is 0 Å². The average molecular weight is 287 g/mol. The maximum Gasteiger partial charge on any atom is 0.0544 e. The number of piperazine rings is 1. The predicted octanol–water partition coefficient (Wildman–Crippen LogP) is 3.21. The smallest absolute Gasteiger partial charge is 0.0544 e. The molecule has 0 bridgehead atoms. The first kappa shape index (κ1) is 15.0. The Morgan fingerprint density at radius 2 is 2.14 bits per heavy atom. The Labute approximate surface area is 129 Å². The fourth-order valence-corrected chi connectivity index (χ4v) is 4.09. The van der Waals surface area contributed by atoms with Gasteiger partial charge in [-0.05, 0) is 37.3 Å². The largest absolute Gasteiger partial charge is 0.308 e. The zero-order chi connectivity index (χ0) is 14.7. The summed E-state index contributed by atoms with van der Waals surface area (Å²) < 4.78 is 0. The van der Waals surface area contributed by atoms with E-state index in [1.807, 2.05) is 12.3 Å². The normalized spacial score (nSPS) is 25.8. The molecule has 3 rings (SSSR count). The van der Waals surface area contributed by atoms with Crippen molar-refractivity contribution in [3.8, 4) is 0 Å². The van der Waals surface area contributed by atoms with Gasteiger partial charge in [0.05, 0.1) is 5.69 Å². The molecule has 21 heavy (non-hydrogen) atoms. The van der Waals surface area contributed by atoms with Gasteiger partial charge in [-0.15, -0.1) is 0 Å². The van der Waals surface area contributed by atoms with Crippen molar-refractivity contribution >= 4 is 0 Å². The summed E-state index contributed by atoms with van der Waals surface area (Å²) in [7, 11) is 0. The van der Waals surface area contributed by atoms with Crippen LogP contribution in [0.5, 0.6) is 0 Å². The van der Waals surface area contributed by atoms with Crippen molar-refractivity contribution in [2.24, 2.45) is 5.92 Å². The lowest BCUT2D eigenvalue weighted by molar-refractivity contribution is 0.0620. The van der Waals surface area contributed by atoms with Crippen molar-refractivity contribution < 1.29 is 0 Å². The van der Waals surface area contributed by atoms with E-state index in [-0.39, 0.29) is 0 Å². The number of pyridine rings is 1. The van der Waals surface area contributed by atoms with Crippen LogP contribution in [0, 0.1) is 5.92 Å². The van der Waals surface area contributed by atoms with Gasteiger partial charge in [0.1, 0.15) is 0 Å². The lowest BCUT2D eigenvalue weighted by atomic mass is 9.89. The summed E-state index contributed by atoms with van der Waals surface area (Å²) in [6.07, 6.45) is 8.66. The van der Waals surface area contributed by atoms with Crippen LogP contribution in [0.2, 0.25) is 0 Å². The van der Waals surface area contributed by atoms with E-state index in [4.69, 9.17) is 0 Å². The van der Waals surface area contributed by atoms with E-state index in [1.165, 1.54) is 44.3 Å². The van der Waals surface area contributed by atoms with Crippen LogP contribution in [-0.4, -0.2) is 34.6 Å². The van der Waals surface area contributed by atoms with Crippen LogP contribution in [0.4, 0.5) is 0 Å². The molecule has 1 saturated carbocycles. The molecule has 2 aliphatic rings. The van der Waals surface area contributed by atoms with E-state index in [2.05, 4.69) is 41.2 Å². The summed E-state index contributed by atoms with van der Waals surface area (Å²) in [5.41, 5.74) is 1.60. The van der Waals surface area contributed by atoms with Gasteiger partial charge in [0.15, 0.2) is 0 Å². The zero-order valence-electron chi connectivity index (χ0n) is 13.5. The summed E-state index contributed by atoms with van der Waals surface area (Å²) in [4.78, 5) is 7.24. The van der Waals surface area contributed by atoms with Crippen molar-refractivity contribution in [2.75, 3.05) is 13.1 Å². The molecule has 1 N–H and O–H groups in total. The molecule has 1 saturated heterocycles. The van der Waals surface area contributed by atoms with E-state index >= 15 is 0 Å². The molecule has 0 amide bonds. The van der Waals surface area contributed by atoms with Crippen LogP contribution in [0.15, 0.2) is 24.4 Å². The summed E-state index contributed by atoms with van der Waals surface area (Å²) >= 11 is 0. The molecule has 3 heteroatoms. The van der Waals surface area contributed by atoms with E-state index in [0.29, 0.717) is 11.6 Å². The van der Waals surface area contributed by atoms with Crippen molar-refractivity contribution in [3.63, 3.8) is 0 Å². The molecule has 1 atom stereocenters. The van der Waals surface area contributed by atoms with Crippen molar-refractivity contribution in [3.05, 3.63) is 30.1 Å². The maximum absolute atomic E-state index is 4.54. The Bertz CT molecular complexity index is 437. The number of hydrogen-bond donors (Lipinski definition) is 1. The van der Waals surface area contributed by atoms with E-state index < -0.39 is 0 Å². The minimum Gasteiger partial charge on any atom is -0.308 e. The molecule has 0 radical (unpaired) electrons. The third-order valence-electron chi connectivity index (χ3n) is 5.13. The second-order valence-electron chi connectivity index (χ2n) is 7.38. The second-order valence-corrected chi connectivity index (χ2v) is 7.38. The molecule has 1 aromatic heterocycles. The third kappa shape index (κ3) is 3.64. The average Bonchev–Trinajstić information content (AvgIpc) is 2.91. The molecule has 1 spiro atoms. The fourth-order valence-electron chi connectivity index (χ4n) is 4.09. The number of aromatic nitrogens is 1. The van der Waals surface area contributed by atoms with Gasteiger partial charge in [-0.3, -0.25) is 9.88 Å². The monoisotopic (exact) mass is 287 g/mol. The fraction of sp³-hybridized carbons (Fsp3) is 0.722. The quantitative estimate of drug-likeness (QED) is 0.921. The van der Waals surface area contributed by atoms with Gasteiger partial charge in [-0.1, -0.05) is 32.8 Å². The van der Waals surface area contributed by atoms with Crippen LogP contribution in [0.3, 0.4) is 0 Å². The highest BCUT2D eigenvalue weighted by Gasteiger charge is 2.41. The van der Waals surface area contributed by atoms with Crippen molar-refractivity contribution in [1.82, 2.24) is 15.2 Å². The molecule has 2 heterocycles. The first-order chi connectivity index (χ1) is 10.2. The Kier molecular flexibility index (Phi) is 4.60. The van der Waals surface area contributed by atoms with Crippen molar-refractivity contribution in [2.45, 2.75) is 64.1 Å². The van der Waals surface area contributed by atoms with Crippen LogP contribution >= 0.6 is 0 Å². The van der Waals surface area contributed by atoms with Gasteiger partial charge in [0.25, 0.3) is 0 Å². The van der Waals surface area contributed by atoms with E-state index in [1.54, 1.807) is 0 Å². The Morgan fingerprint density at radius 1 is 1.33 bits per heavy atom. The highest BCUT2D eigenvalue weighted by molar-refractivity contribution is 5.07. The molecule has 3 nitrogen and oxygen atoms in total. The van der Waals surface area contributed by atoms with Crippen LogP contribution < -0.4 is 5.32 Å². The Hall–Kier alpha value is -0.930. The summed E-state index contributed by atoms with van der Waals surface area (Å²) in [5, 5.41) is 3.90. The highest BCUT2D eigenvalue weighted by Crippen LogP contribution is 2.34. The molecule has 2 fully saturated rings. The predicted molar refractivity (Wildman–Crippen MR) is 87.1 cm³/mol. The third-order valence-corrected chi connectivity index (χ3v) is 5.13. The molecule has 0 aromatic carbocycles. The van der Waals surface area contributed by atoms with Gasteiger partial charge in [-0.25, -0.2) is 0 Å². The molecule has 1 aliphatic heterocycles. The molecule has 1 aliphatic carbocycles. The molecular formula is C18H29N3. The molecule has 116 valence electrons. The van der Waals surface area contributed by atoms with Gasteiger partial charge < -0.3 is 5.32 Å². The summed E-state index contributed by atoms with van der Waals surface area (Å²) in [5.74, 6) is 0.751. The Morgan fingerprint density at radius 3 is 2.81 bits per heavy atom. The summed E-state index contributed by atoms with van der Waals surface area (Å²) in [6, 6.07) is 6.92. The topological polar surface area (TPSA) is 28.2 Å². The van der Waals surface area contributed by atoms with Crippen LogP contribution in [-0.2, 0) is 6.54 Å². The molecular weight excluding hydrogens is 258 g/mol. The Balaban J connectivity index is 1.72. The van der Waals surface area contributed by atoms with E-state index in [9.17, 15) is 0 Å². The lowest BCUT2D eigenvalue weighted by Crippen LogP contribution is -2.63. The standard InChI is InChI=1S/C18H29N3/c1-15(2)11-17-12-20-18(8-4-5-9-18)14-21(17)13-16-7-3-6-10-19-16/h3,6-7,10,15,17,20H,4-5,8-9,11-14H2,1-2H3. The summed E-state index contributed by atoms with van der Waals surface area (Å²) in [6.45, 7) is 8.01.